The fourth-order valence-electron chi connectivity index (χ4n) is 2.86. The molecule has 6 nitrogen and oxygen atoms in total. The van der Waals surface area contributed by atoms with E-state index in [1.54, 1.807) is 32.2 Å². The number of aryl methyl sites for hydroxylation is 1. The van der Waals surface area contributed by atoms with Crippen molar-refractivity contribution in [3.8, 4) is 17.0 Å². The van der Waals surface area contributed by atoms with Crippen molar-refractivity contribution in [2.75, 3.05) is 6.61 Å². The summed E-state index contributed by atoms with van der Waals surface area (Å²) in [5.41, 5.74) is 1.85. The van der Waals surface area contributed by atoms with Crippen molar-refractivity contribution < 1.29 is 9.84 Å². The number of hydrogen-bond acceptors (Lipinski definition) is 4. The van der Waals surface area contributed by atoms with Crippen molar-refractivity contribution in [2.24, 2.45) is 7.05 Å². The van der Waals surface area contributed by atoms with Gasteiger partial charge in [0, 0.05) is 32.9 Å². The summed E-state index contributed by atoms with van der Waals surface area (Å²) < 4.78 is 8.21. The van der Waals surface area contributed by atoms with Crippen molar-refractivity contribution in [1.82, 2.24) is 9.13 Å². The van der Waals surface area contributed by atoms with Crippen LogP contribution in [-0.4, -0.2) is 28.9 Å². The van der Waals surface area contributed by atoms with E-state index in [1.165, 1.54) is 4.57 Å². The van der Waals surface area contributed by atoms with Crippen LogP contribution in [0.2, 0.25) is 25.7 Å². The Morgan fingerprint density at radius 2 is 1.81 bits per heavy atom. The first-order valence-corrected chi connectivity index (χ1v) is 12.4. The molecule has 142 valence electrons. The van der Waals surface area contributed by atoms with Crippen LogP contribution in [0.4, 0.5) is 0 Å². The van der Waals surface area contributed by atoms with Gasteiger partial charge in [0.25, 0.3) is 5.56 Å². The summed E-state index contributed by atoms with van der Waals surface area (Å²) in [4.78, 5) is 25.4. The molecular weight excluding hydrogens is 348 g/mol. The zero-order chi connectivity index (χ0) is 19.6. The number of hydrogen-bond donors (Lipinski definition) is 1. The molecule has 0 aliphatic carbocycles. The van der Waals surface area contributed by atoms with Gasteiger partial charge in [-0.25, -0.2) is 9.36 Å². The maximum atomic E-state index is 12.7. The third-order valence-electron chi connectivity index (χ3n) is 4.46. The van der Waals surface area contributed by atoms with Gasteiger partial charge in [0.2, 0.25) is 0 Å². The summed E-state index contributed by atoms with van der Waals surface area (Å²) in [6.45, 7) is 10.8. The molecule has 0 unspecified atom stereocenters. The number of phenols is 1. The van der Waals surface area contributed by atoms with Crippen LogP contribution in [0.25, 0.3) is 11.3 Å². The average Bonchev–Trinajstić information content (AvgIpc) is 2.53. The van der Waals surface area contributed by atoms with Crippen LogP contribution in [0.1, 0.15) is 11.1 Å². The summed E-state index contributed by atoms with van der Waals surface area (Å²) >= 11 is 0. The maximum absolute atomic E-state index is 12.7. The Morgan fingerprint density at radius 3 is 2.38 bits per heavy atom. The lowest BCUT2D eigenvalue weighted by atomic mass is 10.0. The molecule has 0 fully saturated rings. The number of aromatic nitrogens is 2. The molecule has 26 heavy (non-hydrogen) atoms. The van der Waals surface area contributed by atoms with Gasteiger partial charge >= 0.3 is 5.69 Å². The van der Waals surface area contributed by atoms with E-state index in [0.717, 1.165) is 21.7 Å². The molecule has 0 aliphatic rings. The SMILES string of the molecule is Cc1cc(O)ccc1-c1c(C)c(=O)n(COCC[Si](C)(C)C)c(=O)n1C. The predicted molar refractivity (Wildman–Crippen MR) is 107 cm³/mol. The van der Waals surface area contributed by atoms with Gasteiger partial charge in [-0.1, -0.05) is 19.6 Å². The number of ether oxygens (including phenoxy) is 1. The number of rotatable bonds is 6. The second kappa shape index (κ2) is 7.63. The largest absolute Gasteiger partial charge is 0.508 e. The zero-order valence-electron chi connectivity index (χ0n) is 16.4. The number of benzene rings is 1. The quantitative estimate of drug-likeness (QED) is 0.621. The summed E-state index contributed by atoms with van der Waals surface area (Å²) in [5, 5.41) is 9.61. The van der Waals surface area contributed by atoms with Gasteiger partial charge in [-0.2, -0.15) is 0 Å². The molecule has 7 heteroatoms. The fourth-order valence-corrected chi connectivity index (χ4v) is 3.62. The van der Waals surface area contributed by atoms with Gasteiger partial charge in [0.15, 0.2) is 0 Å². The molecule has 0 spiro atoms. The molecule has 1 aromatic heterocycles. The van der Waals surface area contributed by atoms with Gasteiger partial charge < -0.3 is 9.84 Å². The Morgan fingerprint density at radius 1 is 1.15 bits per heavy atom. The van der Waals surface area contributed by atoms with E-state index in [2.05, 4.69) is 19.6 Å². The average molecular weight is 377 g/mol. The Kier molecular flexibility index (Phi) is 5.93. The van der Waals surface area contributed by atoms with E-state index in [4.69, 9.17) is 4.74 Å². The minimum atomic E-state index is -1.22. The van der Waals surface area contributed by atoms with Crippen molar-refractivity contribution in [1.29, 1.82) is 0 Å². The van der Waals surface area contributed by atoms with Crippen molar-refractivity contribution >= 4 is 8.07 Å². The van der Waals surface area contributed by atoms with E-state index in [-0.39, 0.29) is 18.0 Å². The third-order valence-corrected chi connectivity index (χ3v) is 6.16. The van der Waals surface area contributed by atoms with E-state index >= 15 is 0 Å². The fraction of sp³-hybridized carbons (Fsp3) is 0.474. The van der Waals surface area contributed by atoms with Crippen LogP contribution in [0, 0.1) is 13.8 Å². The Hall–Kier alpha value is -2.12. The lowest BCUT2D eigenvalue weighted by Crippen LogP contribution is -2.41. The standard InChI is InChI=1S/C19H28N2O4Si/c1-13-11-15(22)7-8-16(13)17-14(2)18(23)21(19(24)20(17)3)12-25-9-10-26(4,5)6/h7-8,11,22H,9-10,12H2,1-6H3. The number of nitrogens with zero attached hydrogens (tertiary/aromatic N) is 2. The molecule has 1 N–H and O–H groups in total. The summed E-state index contributed by atoms with van der Waals surface area (Å²) in [7, 11) is 0.423. The molecule has 0 saturated heterocycles. The van der Waals surface area contributed by atoms with Crippen LogP contribution in [0.3, 0.4) is 0 Å². The lowest BCUT2D eigenvalue weighted by Gasteiger charge is -2.18. The van der Waals surface area contributed by atoms with Crippen molar-refractivity contribution in [3.63, 3.8) is 0 Å². The first kappa shape index (κ1) is 20.2. The van der Waals surface area contributed by atoms with Gasteiger partial charge in [-0.3, -0.25) is 9.36 Å². The van der Waals surface area contributed by atoms with Gasteiger partial charge in [0.05, 0.1) is 5.69 Å². The minimum Gasteiger partial charge on any atom is -0.508 e. The number of phenolic OH excluding ortho intramolecular Hbond substituents is 1. The minimum absolute atomic E-state index is 0.0360. The molecule has 0 saturated carbocycles. The topological polar surface area (TPSA) is 73.5 Å². The van der Waals surface area contributed by atoms with Gasteiger partial charge in [-0.05, 0) is 43.7 Å². The van der Waals surface area contributed by atoms with Crippen molar-refractivity contribution in [3.05, 3.63) is 50.2 Å². The van der Waals surface area contributed by atoms with E-state index in [9.17, 15) is 14.7 Å². The maximum Gasteiger partial charge on any atom is 0.333 e. The molecule has 0 radical (unpaired) electrons. The van der Waals surface area contributed by atoms with Crippen molar-refractivity contribution in [2.45, 2.75) is 46.3 Å². The monoisotopic (exact) mass is 376 g/mol. The molecule has 0 aliphatic heterocycles. The zero-order valence-corrected chi connectivity index (χ0v) is 17.4. The van der Waals surface area contributed by atoms with Crippen LogP contribution in [-0.2, 0) is 18.5 Å². The predicted octanol–water partition coefficient (Wildman–Crippen LogP) is 2.85. The highest BCUT2D eigenvalue weighted by atomic mass is 28.3. The molecule has 1 aromatic carbocycles. The smallest absolute Gasteiger partial charge is 0.333 e. The molecule has 0 bridgehead atoms. The van der Waals surface area contributed by atoms with Gasteiger partial charge in [-0.15, -0.1) is 0 Å². The molecule has 0 amide bonds. The molecule has 2 aromatic rings. The molecule has 2 rings (SSSR count). The second-order valence-electron chi connectivity index (χ2n) is 7.90. The number of aromatic hydroxyl groups is 1. The second-order valence-corrected chi connectivity index (χ2v) is 13.5. The van der Waals surface area contributed by atoms with Crippen LogP contribution >= 0.6 is 0 Å². The first-order valence-electron chi connectivity index (χ1n) is 8.71. The molecule has 1 heterocycles. The normalized spacial score (nSPS) is 11.8. The van der Waals surface area contributed by atoms with Crippen LogP contribution < -0.4 is 11.2 Å². The van der Waals surface area contributed by atoms with E-state index in [0.29, 0.717) is 17.9 Å². The Labute approximate surface area is 154 Å². The first-order chi connectivity index (χ1) is 12.0. The van der Waals surface area contributed by atoms with E-state index in [1.807, 2.05) is 6.92 Å². The summed E-state index contributed by atoms with van der Waals surface area (Å²) in [6, 6.07) is 5.87. The highest BCUT2D eigenvalue weighted by Crippen LogP contribution is 2.26. The van der Waals surface area contributed by atoms with Gasteiger partial charge in [0.1, 0.15) is 12.5 Å². The highest BCUT2D eigenvalue weighted by Gasteiger charge is 2.18. The summed E-state index contributed by atoms with van der Waals surface area (Å²) in [5.74, 6) is 0.151. The molecule has 0 atom stereocenters. The lowest BCUT2D eigenvalue weighted by molar-refractivity contribution is 0.0805. The Bertz CT molecular complexity index is 886. The summed E-state index contributed by atoms with van der Waals surface area (Å²) in [6.07, 6.45) is 0. The van der Waals surface area contributed by atoms with Crippen LogP contribution in [0.15, 0.2) is 27.8 Å². The Balaban J connectivity index is 2.41. The third kappa shape index (κ3) is 4.34. The van der Waals surface area contributed by atoms with E-state index < -0.39 is 13.8 Å². The van der Waals surface area contributed by atoms with Crippen LogP contribution in [0.5, 0.6) is 5.75 Å². The highest BCUT2D eigenvalue weighted by molar-refractivity contribution is 6.76. The molecular formula is C19H28N2O4Si.